The number of carboxylic acids is 1. The van der Waals surface area contributed by atoms with Crippen LogP contribution in [0, 0.1) is 17.3 Å². The zero-order valence-corrected chi connectivity index (χ0v) is 13.6. The minimum atomic E-state index is -0.849. The third kappa shape index (κ3) is 4.45. The molecule has 126 valence electrons. The van der Waals surface area contributed by atoms with Gasteiger partial charge in [-0.1, -0.05) is 39.0 Å². The number of amides is 1. The minimum absolute atomic E-state index is 0.00214. The maximum absolute atomic E-state index is 12.3. The molecule has 1 saturated carbocycles. The van der Waals surface area contributed by atoms with Crippen molar-refractivity contribution < 1.29 is 19.4 Å². The summed E-state index contributed by atoms with van der Waals surface area (Å²) in [4.78, 5) is 23.9. The topological polar surface area (TPSA) is 75.6 Å². The molecule has 1 heterocycles. The summed E-state index contributed by atoms with van der Waals surface area (Å²) in [7, 11) is 0. The van der Waals surface area contributed by atoms with Gasteiger partial charge in [-0.3, -0.25) is 9.59 Å². The Morgan fingerprint density at radius 2 is 1.86 bits per heavy atom. The average molecular weight is 311 g/mol. The lowest BCUT2D eigenvalue weighted by Crippen LogP contribution is -2.47. The summed E-state index contributed by atoms with van der Waals surface area (Å²) in [5, 5.41) is 12.4. The average Bonchev–Trinajstić information content (AvgIpc) is 2.54. The van der Waals surface area contributed by atoms with Crippen LogP contribution >= 0.6 is 0 Å². The van der Waals surface area contributed by atoms with Crippen LogP contribution in [0.25, 0.3) is 0 Å². The first-order valence-electron chi connectivity index (χ1n) is 8.62. The molecule has 0 spiro atoms. The fourth-order valence-electron chi connectivity index (χ4n) is 3.69. The van der Waals surface area contributed by atoms with Gasteiger partial charge in [0.05, 0.1) is 5.41 Å². The van der Waals surface area contributed by atoms with E-state index in [1.54, 1.807) is 0 Å². The van der Waals surface area contributed by atoms with Crippen molar-refractivity contribution in [3.63, 3.8) is 0 Å². The van der Waals surface area contributed by atoms with Crippen LogP contribution in [0.4, 0.5) is 0 Å². The molecular weight excluding hydrogens is 282 g/mol. The second kappa shape index (κ2) is 7.95. The van der Waals surface area contributed by atoms with Gasteiger partial charge in [0.2, 0.25) is 5.91 Å². The molecule has 22 heavy (non-hydrogen) atoms. The molecule has 0 aromatic rings. The van der Waals surface area contributed by atoms with Crippen LogP contribution in [0.15, 0.2) is 0 Å². The lowest BCUT2D eigenvalue weighted by molar-refractivity contribution is -0.154. The number of carbonyl (C=O) groups excluding carboxylic acids is 1. The zero-order chi connectivity index (χ0) is 16.0. The minimum Gasteiger partial charge on any atom is -0.481 e. The maximum Gasteiger partial charge on any atom is 0.311 e. The Kier molecular flexibility index (Phi) is 6.24. The van der Waals surface area contributed by atoms with E-state index in [4.69, 9.17) is 4.74 Å². The standard InChI is InChI=1S/C17H29NO4/c1-13(11-14-5-3-2-4-6-14)15(19)18-12-17(16(20)21)7-9-22-10-8-17/h13-14H,2-12H2,1H3,(H,18,19)(H,20,21). The van der Waals surface area contributed by atoms with Crippen LogP contribution in [-0.2, 0) is 14.3 Å². The van der Waals surface area contributed by atoms with Gasteiger partial charge in [0, 0.05) is 25.7 Å². The number of carboxylic acid groups (broad SMARTS) is 1. The number of rotatable bonds is 6. The van der Waals surface area contributed by atoms with E-state index in [0.29, 0.717) is 32.0 Å². The smallest absolute Gasteiger partial charge is 0.311 e. The van der Waals surface area contributed by atoms with E-state index in [1.165, 1.54) is 32.1 Å². The molecule has 5 heteroatoms. The van der Waals surface area contributed by atoms with E-state index in [2.05, 4.69) is 5.32 Å². The van der Waals surface area contributed by atoms with Crippen molar-refractivity contribution in [3.05, 3.63) is 0 Å². The molecule has 0 aromatic carbocycles. The van der Waals surface area contributed by atoms with Gasteiger partial charge in [-0.05, 0) is 25.2 Å². The Hall–Kier alpha value is -1.10. The van der Waals surface area contributed by atoms with E-state index >= 15 is 0 Å². The van der Waals surface area contributed by atoms with Crippen molar-refractivity contribution >= 4 is 11.9 Å². The van der Waals surface area contributed by atoms with E-state index in [0.717, 1.165) is 6.42 Å². The predicted molar refractivity (Wildman–Crippen MR) is 83.5 cm³/mol. The van der Waals surface area contributed by atoms with Gasteiger partial charge < -0.3 is 15.2 Å². The first-order valence-corrected chi connectivity index (χ1v) is 8.62. The lowest BCUT2D eigenvalue weighted by atomic mass is 9.79. The highest BCUT2D eigenvalue weighted by molar-refractivity contribution is 5.80. The maximum atomic E-state index is 12.3. The normalized spacial score (nSPS) is 23.7. The molecule has 0 radical (unpaired) electrons. The summed E-state index contributed by atoms with van der Waals surface area (Å²) in [6, 6.07) is 0. The quantitative estimate of drug-likeness (QED) is 0.790. The molecule has 1 amide bonds. The molecule has 2 aliphatic rings. The summed E-state index contributed by atoms with van der Waals surface area (Å²) >= 11 is 0. The van der Waals surface area contributed by atoms with Crippen molar-refractivity contribution in [2.45, 2.75) is 58.3 Å². The molecule has 1 aliphatic carbocycles. The van der Waals surface area contributed by atoms with Crippen LogP contribution in [-0.4, -0.2) is 36.7 Å². The number of hydrogen-bond donors (Lipinski definition) is 2. The number of ether oxygens (including phenoxy) is 1. The first kappa shape index (κ1) is 17.3. The van der Waals surface area contributed by atoms with Crippen LogP contribution < -0.4 is 5.32 Å². The summed E-state index contributed by atoms with van der Waals surface area (Å²) < 4.78 is 5.25. The van der Waals surface area contributed by atoms with E-state index in [-0.39, 0.29) is 18.4 Å². The lowest BCUT2D eigenvalue weighted by Gasteiger charge is -2.33. The number of aliphatic carboxylic acids is 1. The Balaban J connectivity index is 1.80. The summed E-state index contributed by atoms with van der Waals surface area (Å²) in [6.07, 6.45) is 8.21. The molecule has 1 unspecified atom stereocenters. The summed E-state index contributed by atoms with van der Waals surface area (Å²) in [6.45, 7) is 3.10. The molecule has 0 aromatic heterocycles. The fourth-order valence-corrected chi connectivity index (χ4v) is 3.69. The van der Waals surface area contributed by atoms with Gasteiger partial charge in [-0.15, -0.1) is 0 Å². The van der Waals surface area contributed by atoms with E-state index in [9.17, 15) is 14.7 Å². The first-order chi connectivity index (χ1) is 10.5. The van der Waals surface area contributed by atoms with Crippen LogP contribution in [0.1, 0.15) is 58.3 Å². The molecule has 2 fully saturated rings. The number of hydrogen-bond acceptors (Lipinski definition) is 3. The van der Waals surface area contributed by atoms with Gasteiger partial charge >= 0.3 is 5.97 Å². The molecule has 2 N–H and O–H groups in total. The summed E-state index contributed by atoms with van der Waals surface area (Å²) in [5.41, 5.74) is -0.849. The number of nitrogens with one attached hydrogen (secondary N) is 1. The highest BCUT2D eigenvalue weighted by Crippen LogP contribution is 2.31. The Morgan fingerprint density at radius 3 is 2.45 bits per heavy atom. The largest absolute Gasteiger partial charge is 0.481 e. The van der Waals surface area contributed by atoms with E-state index in [1.807, 2.05) is 6.92 Å². The van der Waals surface area contributed by atoms with Crippen LogP contribution in [0.3, 0.4) is 0 Å². The van der Waals surface area contributed by atoms with Crippen molar-refractivity contribution in [1.82, 2.24) is 5.32 Å². The molecule has 0 bridgehead atoms. The van der Waals surface area contributed by atoms with Crippen LogP contribution in [0.2, 0.25) is 0 Å². The Bertz CT molecular complexity index is 384. The Morgan fingerprint density at radius 1 is 1.23 bits per heavy atom. The predicted octanol–water partition coefficient (Wildman–Crippen LogP) is 2.59. The fraction of sp³-hybridized carbons (Fsp3) is 0.882. The monoisotopic (exact) mass is 311 g/mol. The van der Waals surface area contributed by atoms with Crippen LogP contribution in [0.5, 0.6) is 0 Å². The highest BCUT2D eigenvalue weighted by Gasteiger charge is 2.40. The van der Waals surface area contributed by atoms with Crippen molar-refractivity contribution in [1.29, 1.82) is 0 Å². The molecule has 1 aliphatic heterocycles. The second-order valence-electron chi connectivity index (χ2n) is 7.06. The molecule has 2 rings (SSSR count). The molecular formula is C17H29NO4. The van der Waals surface area contributed by atoms with Crippen molar-refractivity contribution in [2.75, 3.05) is 19.8 Å². The third-order valence-corrected chi connectivity index (χ3v) is 5.36. The SMILES string of the molecule is CC(CC1CCCCC1)C(=O)NCC1(C(=O)O)CCOCC1. The van der Waals surface area contributed by atoms with Gasteiger partial charge in [0.25, 0.3) is 0 Å². The van der Waals surface area contributed by atoms with Gasteiger partial charge in [-0.25, -0.2) is 0 Å². The second-order valence-corrected chi connectivity index (χ2v) is 7.06. The van der Waals surface area contributed by atoms with Gasteiger partial charge in [0.1, 0.15) is 0 Å². The van der Waals surface area contributed by atoms with Crippen molar-refractivity contribution in [3.8, 4) is 0 Å². The van der Waals surface area contributed by atoms with Crippen molar-refractivity contribution in [2.24, 2.45) is 17.3 Å². The summed E-state index contributed by atoms with van der Waals surface area (Å²) in [5.74, 6) is -0.200. The third-order valence-electron chi connectivity index (χ3n) is 5.36. The number of carbonyl (C=O) groups is 2. The molecule has 1 atom stereocenters. The molecule has 1 saturated heterocycles. The zero-order valence-electron chi connectivity index (χ0n) is 13.6. The van der Waals surface area contributed by atoms with Gasteiger partial charge in [0.15, 0.2) is 0 Å². The van der Waals surface area contributed by atoms with E-state index < -0.39 is 11.4 Å². The Labute approximate surface area is 132 Å². The molecule has 5 nitrogen and oxygen atoms in total. The van der Waals surface area contributed by atoms with Gasteiger partial charge in [-0.2, -0.15) is 0 Å². The highest BCUT2D eigenvalue weighted by atomic mass is 16.5.